The van der Waals surface area contributed by atoms with Gasteiger partial charge in [-0.05, 0) is 19.3 Å². The summed E-state index contributed by atoms with van der Waals surface area (Å²) >= 11 is 0. The lowest BCUT2D eigenvalue weighted by Gasteiger charge is -2.14. The number of alkyl carbamates (subject to hydrolysis) is 1. The van der Waals surface area contributed by atoms with Crippen molar-refractivity contribution in [2.24, 2.45) is 0 Å². The number of unbranched alkanes of at least 4 members (excludes halogenated alkanes) is 14. The van der Waals surface area contributed by atoms with Crippen LogP contribution in [0.5, 0.6) is 0 Å². The van der Waals surface area contributed by atoms with Gasteiger partial charge in [0.1, 0.15) is 6.04 Å². The molecule has 0 aliphatic carbocycles. The van der Waals surface area contributed by atoms with Crippen LogP contribution in [0.2, 0.25) is 0 Å². The molecule has 0 aliphatic heterocycles. The van der Waals surface area contributed by atoms with Crippen LogP contribution in [0.3, 0.4) is 0 Å². The van der Waals surface area contributed by atoms with E-state index in [1.807, 2.05) is 0 Å². The molecule has 46 heavy (non-hydrogen) atoms. The molecule has 0 spiro atoms. The number of hydrogen-bond acceptors (Lipinski definition) is 7. The van der Waals surface area contributed by atoms with Gasteiger partial charge >= 0.3 is 12.1 Å². The van der Waals surface area contributed by atoms with Gasteiger partial charge in [-0.1, -0.05) is 109 Å². The van der Waals surface area contributed by atoms with Gasteiger partial charge < -0.3 is 25.8 Å². The number of aliphatic carboxylic acids is 1. The fourth-order valence-corrected chi connectivity index (χ4v) is 4.93. The minimum atomic E-state index is -1.14. The summed E-state index contributed by atoms with van der Waals surface area (Å²) < 4.78 is 6.72. The van der Waals surface area contributed by atoms with Gasteiger partial charge in [-0.3, -0.25) is 14.3 Å². The highest BCUT2D eigenvalue weighted by molar-refractivity contribution is 6.92. The second-order valence-electron chi connectivity index (χ2n) is 11.8. The molecule has 1 rings (SSSR count). The number of nitrogens with one attached hydrogen (secondary N) is 3. The monoisotopic (exact) mass is 670 g/mol. The summed E-state index contributed by atoms with van der Waals surface area (Å²) in [7, 11) is 0. The molecule has 1 heterocycles. The van der Waals surface area contributed by atoms with E-state index in [1.165, 1.54) is 64.2 Å². The summed E-state index contributed by atoms with van der Waals surface area (Å²) in [6.45, 7) is 5.80. The number of carbonyl (C=O) groups is 4. The molecule has 2 atom stereocenters. The highest BCUT2D eigenvalue weighted by Gasteiger charge is 2.20. The van der Waals surface area contributed by atoms with Crippen molar-refractivity contribution < 1.29 is 29.0 Å². The maximum atomic E-state index is 12.3. The fourth-order valence-electron chi connectivity index (χ4n) is 4.93. The van der Waals surface area contributed by atoms with Crippen molar-refractivity contribution in [2.45, 2.75) is 155 Å². The Morgan fingerprint density at radius 2 is 1.37 bits per heavy atom. The van der Waals surface area contributed by atoms with Crippen molar-refractivity contribution in [3.05, 3.63) is 11.9 Å². The largest absolute Gasteiger partial charge is 0.480 e. The SMILES string of the molecule is CCCCCCCCCCCCCCCC(=O)NC(CCC(=O)NCCn1cc(CCOC(=O)NCCCCC)nn1)C(=O)O.P. The van der Waals surface area contributed by atoms with Crippen molar-refractivity contribution in [3.8, 4) is 0 Å². The molecule has 0 saturated carbocycles. The third-order valence-electron chi connectivity index (χ3n) is 7.69. The first-order valence-electron chi connectivity index (χ1n) is 17.4. The van der Waals surface area contributed by atoms with E-state index in [4.69, 9.17) is 4.74 Å². The first-order chi connectivity index (χ1) is 21.8. The van der Waals surface area contributed by atoms with Crippen molar-refractivity contribution in [2.75, 3.05) is 19.7 Å². The third kappa shape index (κ3) is 24.5. The van der Waals surface area contributed by atoms with Crippen molar-refractivity contribution >= 4 is 33.8 Å². The standard InChI is InChI=1S/C33H60N6O6.H3P/c1-3-5-7-8-9-10-11-12-13-14-15-16-17-19-31(41)36-29(32(42)43)20-21-30(40)34-24-25-39-27-28(37-38-39)22-26-45-33(44)35-23-18-6-4-2;/h27,29H,3-26H2,1-2H3,(H,34,40)(H,35,44)(H,36,41)(H,42,43);1H3. The number of hydrogen-bond donors (Lipinski definition) is 4. The number of rotatable bonds is 29. The van der Waals surface area contributed by atoms with E-state index in [1.54, 1.807) is 10.9 Å². The van der Waals surface area contributed by atoms with Crippen LogP contribution in [-0.2, 0) is 32.1 Å². The zero-order valence-electron chi connectivity index (χ0n) is 28.7. The number of carboxylic acid groups (broad SMARTS) is 1. The van der Waals surface area contributed by atoms with Gasteiger partial charge in [-0.25, -0.2) is 9.59 Å². The summed E-state index contributed by atoms with van der Waals surface area (Å²) in [6.07, 6.45) is 20.9. The molecule has 0 aliphatic rings. The van der Waals surface area contributed by atoms with Gasteiger partial charge in [-0.2, -0.15) is 9.90 Å². The Balaban J connectivity index is 0.0000202. The van der Waals surface area contributed by atoms with Crippen LogP contribution in [0.15, 0.2) is 6.20 Å². The molecule has 2 unspecified atom stereocenters. The van der Waals surface area contributed by atoms with Crippen molar-refractivity contribution in [1.82, 2.24) is 30.9 Å². The van der Waals surface area contributed by atoms with Crippen LogP contribution in [0.1, 0.15) is 142 Å². The zero-order chi connectivity index (χ0) is 33.0. The average molecular weight is 671 g/mol. The van der Waals surface area contributed by atoms with E-state index in [9.17, 15) is 24.3 Å². The molecule has 0 radical (unpaired) electrons. The van der Waals surface area contributed by atoms with Crippen LogP contribution in [0.25, 0.3) is 0 Å². The molecule has 4 N–H and O–H groups in total. The molecule has 0 saturated heterocycles. The van der Waals surface area contributed by atoms with E-state index in [0.717, 1.165) is 38.5 Å². The van der Waals surface area contributed by atoms with E-state index < -0.39 is 18.1 Å². The molecule has 1 aromatic heterocycles. The van der Waals surface area contributed by atoms with Gasteiger partial charge in [0.15, 0.2) is 0 Å². The summed E-state index contributed by atoms with van der Waals surface area (Å²) in [6, 6.07) is -1.09. The smallest absolute Gasteiger partial charge is 0.407 e. The molecule has 266 valence electrons. The maximum absolute atomic E-state index is 12.3. The Bertz CT molecular complexity index is 947. The third-order valence-corrected chi connectivity index (χ3v) is 7.69. The lowest BCUT2D eigenvalue weighted by atomic mass is 10.0. The Morgan fingerprint density at radius 3 is 1.98 bits per heavy atom. The summed E-state index contributed by atoms with van der Waals surface area (Å²) in [5, 5.41) is 25.6. The molecule has 3 amide bonds. The molecular formula is C33H63N6O6P. The normalized spacial score (nSPS) is 11.3. The van der Waals surface area contributed by atoms with Crippen LogP contribution < -0.4 is 16.0 Å². The highest BCUT2D eigenvalue weighted by atomic mass is 31.0. The Morgan fingerprint density at radius 1 is 0.783 bits per heavy atom. The van der Waals surface area contributed by atoms with Crippen LogP contribution in [0.4, 0.5) is 4.79 Å². The Labute approximate surface area is 279 Å². The number of carbonyl (C=O) groups excluding carboxylic acids is 3. The number of ether oxygens (including phenoxy) is 1. The molecule has 13 heteroatoms. The maximum Gasteiger partial charge on any atom is 0.407 e. The zero-order valence-corrected chi connectivity index (χ0v) is 30.1. The van der Waals surface area contributed by atoms with Crippen LogP contribution >= 0.6 is 9.90 Å². The van der Waals surface area contributed by atoms with Crippen molar-refractivity contribution in [1.29, 1.82) is 0 Å². The predicted octanol–water partition coefficient (Wildman–Crippen LogP) is 5.74. The first-order valence-corrected chi connectivity index (χ1v) is 17.4. The van der Waals surface area contributed by atoms with Gasteiger partial charge in [-0.15, -0.1) is 5.10 Å². The number of amides is 3. The quantitative estimate of drug-likeness (QED) is 0.0619. The topological polar surface area (TPSA) is 165 Å². The molecule has 0 aromatic carbocycles. The molecule has 1 aromatic rings. The minimum absolute atomic E-state index is 0. The number of carboxylic acids is 1. The van der Waals surface area contributed by atoms with Gasteiger partial charge in [0.05, 0.1) is 18.8 Å². The minimum Gasteiger partial charge on any atom is -0.480 e. The first kappa shape index (κ1) is 43.2. The molecule has 0 fully saturated rings. The van der Waals surface area contributed by atoms with Crippen LogP contribution in [-0.4, -0.2) is 69.7 Å². The lowest BCUT2D eigenvalue weighted by Crippen LogP contribution is -2.41. The van der Waals surface area contributed by atoms with Crippen molar-refractivity contribution in [3.63, 3.8) is 0 Å². The molecule has 12 nitrogen and oxygen atoms in total. The average Bonchev–Trinajstić information content (AvgIpc) is 3.47. The molecular weight excluding hydrogens is 607 g/mol. The number of nitrogens with zero attached hydrogens (tertiary/aromatic N) is 3. The van der Waals surface area contributed by atoms with E-state index in [0.29, 0.717) is 38.2 Å². The van der Waals surface area contributed by atoms with E-state index in [2.05, 4.69) is 40.1 Å². The Kier molecular flexibility index (Phi) is 27.9. The molecule has 0 bridgehead atoms. The Hall–Kier alpha value is -2.75. The second kappa shape index (κ2) is 29.6. The summed E-state index contributed by atoms with van der Waals surface area (Å²) in [5.74, 6) is -1.73. The van der Waals surface area contributed by atoms with E-state index in [-0.39, 0.29) is 41.2 Å². The number of aromatic nitrogens is 3. The second-order valence-corrected chi connectivity index (χ2v) is 11.8. The fraction of sp³-hybridized carbons (Fsp3) is 0.818. The summed E-state index contributed by atoms with van der Waals surface area (Å²) in [5.41, 5.74) is 0.666. The van der Waals surface area contributed by atoms with Gasteiger partial charge in [0, 0.05) is 38.5 Å². The predicted molar refractivity (Wildman–Crippen MR) is 186 cm³/mol. The highest BCUT2D eigenvalue weighted by Crippen LogP contribution is 2.13. The summed E-state index contributed by atoms with van der Waals surface area (Å²) in [4.78, 5) is 47.8. The van der Waals surface area contributed by atoms with Gasteiger partial charge in [0.25, 0.3) is 0 Å². The van der Waals surface area contributed by atoms with Crippen LogP contribution in [0, 0.1) is 0 Å². The lowest BCUT2D eigenvalue weighted by molar-refractivity contribution is -0.142. The van der Waals surface area contributed by atoms with Gasteiger partial charge in [0.2, 0.25) is 11.8 Å². The van der Waals surface area contributed by atoms with E-state index >= 15 is 0 Å².